The van der Waals surface area contributed by atoms with Crippen molar-refractivity contribution in [1.29, 1.82) is 0 Å². The summed E-state index contributed by atoms with van der Waals surface area (Å²) < 4.78 is 7.21. The van der Waals surface area contributed by atoms with Gasteiger partial charge < -0.3 is 14.8 Å². The highest BCUT2D eigenvalue weighted by Crippen LogP contribution is 2.35. The van der Waals surface area contributed by atoms with E-state index < -0.39 is 0 Å². The largest absolute Gasteiger partial charge is 0.342 e. The van der Waals surface area contributed by atoms with E-state index in [-0.39, 0.29) is 23.2 Å². The quantitative estimate of drug-likeness (QED) is 0.288. The van der Waals surface area contributed by atoms with Crippen molar-refractivity contribution in [2.45, 2.75) is 71.8 Å². The van der Waals surface area contributed by atoms with Crippen LogP contribution >= 0.6 is 0 Å². The Morgan fingerprint density at radius 1 is 1.15 bits per heavy atom. The van der Waals surface area contributed by atoms with Gasteiger partial charge in [0.05, 0.1) is 22.8 Å². The molecule has 0 aliphatic heterocycles. The van der Waals surface area contributed by atoms with E-state index in [9.17, 15) is 4.79 Å². The third-order valence-electron chi connectivity index (χ3n) is 7.73. The van der Waals surface area contributed by atoms with Crippen LogP contribution in [0.25, 0.3) is 33.7 Å². The number of benzene rings is 1. The van der Waals surface area contributed by atoms with Gasteiger partial charge in [-0.05, 0) is 55.9 Å². The molecule has 10 heteroatoms. The van der Waals surface area contributed by atoms with Crippen LogP contribution in [0, 0.1) is 13.8 Å². The molecule has 0 bridgehead atoms. The standard InChI is InChI=1S/C30H34N8O2/c1-16-23(17(2)38(6)36-16)25-33-24-21(13-14-31-26(24)34-25)19-11-12-20-18(15-19)9-7-8-10-22(20)32-28(39)27-35-29(40-37-27)30(3,4)5/h11-15,22H,7-10H2,1-6H3,(H,32,39)(H,31,33,34). The number of hydrogen-bond acceptors (Lipinski definition) is 7. The van der Waals surface area contributed by atoms with Gasteiger partial charge in [0.15, 0.2) is 5.65 Å². The highest BCUT2D eigenvalue weighted by Gasteiger charge is 2.27. The lowest BCUT2D eigenvalue weighted by Gasteiger charge is -2.19. The second-order valence-corrected chi connectivity index (χ2v) is 11.7. The van der Waals surface area contributed by atoms with Gasteiger partial charge in [0.1, 0.15) is 5.82 Å². The van der Waals surface area contributed by atoms with E-state index in [4.69, 9.17) is 9.51 Å². The Morgan fingerprint density at radius 2 is 1.98 bits per heavy atom. The molecule has 1 unspecified atom stereocenters. The van der Waals surface area contributed by atoms with Crippen LogP contribution in [0.2, 0.25) is 0 Å². The molecule has 5 aromatic rings. The van der Waals surface area contributed by atoms with Gasteiger partial charge in [-0.25, -0.2) is 9.97 Å². The maximum atomic E-state index is 13.1. The second kappa shape index (κ2) is 9.69. The second-order valence-electron chi connectivity index (χ2n) is 11.7. The number of H-pyrrole nitrogens is 1. The van der Waals surface area contributed by atoms with Gasteiger partial charge in [-0.2, -0.15) is 10.1 Å². The smallest absolute Gasteiger partial charge is 0.293 e. The zero-order valence-electron chi connectivity index (χ0n) is 23.8. The van der Waals surface area contributed by atoms with Gasteiger partial charge in [-0.15, -0.1) is 0 Å². The highest BCUT2D eigenvalue weighted by molar-refractivity contribution is 5.92. The van der Waals surface area contributed by atoms with Gasteiger partial charge in [-0.3, -0.25) is 9.48 Å². The number of aromatic amines is 1. The number of hydrogen-bond donors (Lipinski definition) is 2. The number of rotatable bonds is 4. The van der Waals surface area contributed by atoms with E-state index in [1.807, 2.05) is 52.4 Å². The molecule has 0 saturated carbocycles. The van der Waals surface area contributed by atoms with Crippen LogP contribution in [-0.2, 0) is 18.9 Å². The first kappa shape index (κ1) is 25.9. The predicted octanol–water partition coefficient (Wildman–Crippen LogP) is 5.52. The number of amides is 1. The molecular weight excluding hydrogens is 504 g/mol. The molecule has 1 aliphatic carbocycles. The molecule has 0 radical (unpaired) electrons. The molecular formula is C30H34N8O2. The van der Waals surface area contributed by atoms with Crippen LogP contribution in [0.15, 0.2) is 35.0 Å². The van der Waals surface area contributed by atoms with Crippen molar-refractivity contribution in [2.75, 3.05) is 0 Å². The Labute approximate surface area is 232 Å². The summed E-state index contributed by atoms with van der Waals surface area (Å²) in [6.45, 7) is 9.96. The molecule has 206 valence electrons. The fourth-order valence-electron chi connectivity index (χ4n) is 5.53. The summed E-state index contributed by atoms with van der Waals surface area (Å²) in [7, 11) is 1.94. The Balaban J connectivity index is 1.32. The summed E-state index contributed by atoms with van der Waals surface area (Å²) in [5, 5.41) is 11.6. The number of nitrogens with one attached hydrogen (secondary N) is 2. The SMILES string of the molecule is Cc1nn(C)c(C)c1-c1nc2nccc(-c3ccc4c(c3)CCCCC4NC(=O)c3noc(C(C)(C)C)n3)c2[nH]1. The molecule has 0 saturated heterocycles. The Bertz CT molecular complexity index is 1740. The molecule has 4 aromatic heterocycles. The summed E-state index contributed by atoms with van der Waals surface area (Å²) >= 11 is 0. The van der Waals surface area contributed by atoms with Crippen LogP contribution in [0.4, 0.5) is 0 Å². The third kappa shape index (κ3) is 4.57. The average molecular weight is 539 g/mol. The van der Waals surface area contributed by atoms with E-state index in [1.165, 1.54) is 5.56 Å². The lowest BCUT2D eigenvalue weighted by molar-refractivity contribution is 0.0921. The van der Waals surface area contributed by atoms with Gasteiger partial charge in [0.2, 0.25) is 5.89 Å². The molecule has 1 aliphatic rings. The first-order valence-corrected chi connectivity index (χ1v) is 13.7. The normalized spacial score (nSPS) is 15.7. The van der Waals surface area contributed by atoms with Gasteiger partial charge in [0, 0.05) is 29.9 Å². The van der Waals surface area contributed by atoms with Gasteiger partial charge >= 0.3 is 0 Å². The molecule has 1 atom stereocenters. The maximum Gasteiger partial charge on any atom is 0.293 e. The summed E-state index contributed by atoms with van der Waals surface area (Å²) in [5.74, 6) is 0.971. The van der Waals surface area contributed by atoms with Crippen LogP contribution in [0.3, 0.4) is 0 Å². The summed E-state index contributed by atoms with van der Waals surface area (Å²) in [6.07, 6.45) is 5.68. The van der Waals surface area contributed by atoms with Crippen molar-refractivity contribution >= 4 is 17.1 Å². The lowest BCUT2D eigenvalue weighted by Crippen LogP contribution is -2.29. The van der Waals surface area contributed by atoms with Crippen molar-refractivity contribution in [3.8, 4) is 22.5 Å². The minimum Gasteiger partial charge on any atom is -0.342 e. The fraction of sp³-hybridized carbons (Fsp3) is 0.400. The molecule has 40 heavy (non-hydrogen) atoms. The van der Waals surface area contributed by atoms with E-state index in [1.54, 1.807) is 6.20 Å². The summed E-state index contributed by atoms with van der Waals surface area (Å²) in [4.78, 5) is 30.3. The predicted molar refractivity (Wildman–Crippen MR) is 152 cm³/mol. The van der Waals surface area contributed by atoms with E-state index in [2.05, 4.69) is 48.7 Å². The van der Waals surface area contributed by atoms with Crippen molar-refractivity contribution in [2.24, 2.45) is 7.05 Å². The van der Waals surface area contributed by atoms with Crippen LogP contribution in [0.1, 0.15) is 85.1 Å². The zero-order valence-corrected chi connectivity index (χ0v) is 23.8. The topological polar surface area (TPSA) is 127 Å². The van der Waals surface area contributed by atoms with Crippen molar-refractivity contribution in [1.82, 2.24) is 40.2 Å². The van der Waals surface area contributed by atoms with Crippen molar-refractivity contribution in [3.63, 3.8) is 0 Å². The Kier molecular flexibility index (Phi) is 6.28. The van der Waals surface area contributed by atoms with E-state index in [0.29, 0.717) is 11.5 Å². The number of carbonyl (C=O) groups is 1. The van der Waals surface area contributed by atoms with Crippen LogP contribution in [0.5, 0.6) is 0 Å². The molecule has 0 spiro atoms. The third-order valence-corrected chi connectivity index (χ3v) is 7.73. The fourth-order valence-corrected chi connectivity index (χ4v) is 5.53. The first-order valence-electron chi connectivity index (χ1n) is 13.7. The Morgan fingerprint density at radius 3 is 2.70 bits per heavy atom. The minimum absolute atomic E-state index is 0.0701. The molecule has 1 amide bonds. The molecule has 1 aromatic carbocycles. The summed E-state index contributed by atoms with van der Waals surface area (Å²) in [5.41, 5.74) is 8.71. The summed E-state index contributed by atoms with van der Waals surface area (Å²) in [6, 6.07) is 8.39. The van der Waals surface area contributed by atoms with Gasteiger partial charge in [0.25, 0.3) is 11.7 Å². The number of aromatic nitrogens is 7. The number of pyridine rings is 1. The molecule has 6 rings (SSSR count). The molecule has 2 N–H and O–H groups in total. The number of nitrogens with zero attached hydrogens (tertiary/aromatic N) is 6. The maximum absolute atomic E-state index is 13.1. The van der Waals surface area contributed by atoms with Crippen molar-refractivity contribution < 1.29 is 9.32 Å². The number of imidazole rings is 1. The average Bonchev–Trinajstić information content (AvgIpc) is 3.59. The Hall–Kier alpha value is -4.34. The van der Waals surface area contributed by atoms with Gasteiger partial charge in [-0.1, -0.05) is 50.5 Å². The number of carbonyl (C=O) groups excluding carboxylic acids is 1. The number of aryl methyl sites for hydroxylation is 3. The monoisotopic (exact) mass is 538 g/mol. The first-order chi connectivity index (χ1) is 19.1. The lowest BCUT2D eigenvalue weighted by atomic mass is 9.94. The molecule has 10 nitrogen and oxygen atoms in total. The van der Waals surface area contributed by atoms with Crippen LogP contribution in [-0.4, -0.2) is 40.8 Å². The minimum atomic E-state index is -0.319. The van der Waals surface area contributed by atoms with Crippen LogP contribution < -0.4 is 5.32 Å². The molecule has 4 heterocycles. The molecule has 0 fully saturated rings. The van der Waals surface area contributed by atoms with Crippen molar-refractivity contribution in [3.05, 3.63) is 64.7 Å². The zero-order chi connectivity index (χ0) is 28.2. The number of fused-ring (bicyclic) bond motifs is 2. The highest BCUT2D eigenvalue weighted by atomic mass is 16.5. The van der Waals surface area contributed by atoms with E-state index >= 15 is 0 Å². The van der Waals surface area contributed by atoms with E-state index in [0.717, 1.165) is 70.7 Å².